The van der Waals surface area contributed by atoms with Gasteiger partial charge in [0.1, 0.15) is 17.3 Å². The molecule has 0 unspecified atom stereocenters. The fraction of sp³-hybridized carbons (Fsp3) is 0.400. The Balaban J connectivity index is 2.59. The highest BCUT2D eigenvalue weighted by atomic mass is 32.1. The van der Waals surface area contributed by atoms with Crippen molar-refractivity contribution >= 4 is 23.1 Å². The molecule has 0 bridgehead atoms. The molecule has 0 fully saturated rings. The number of ketones is 1. The van der Waals surface area contributed by atoms with Gasteiger partial charge in [0, 0.05) is 15.4 Å². The van der Waals surface area contributed by atoms with Gasteiger partial charge in [-0.2, -0.15) is 0 Å². The largest absolute Gasteiger partial charge is 0.459 e. The summed E-state index contributed by atoms with van der Waals surface area (Å²) in [5.41, 5.74) is -0.363. The number of benzene rings is 1. The number of nitrogens with zero attached hydrogens (tertiary/aromatic N) is 1. The van der Waals surface area contributed by atoms with Gasteiger partial charge in [-0.15, -0.1) is 11.3 Å². The Hall–Kier alpha value is -2.54. The van der Waals surface area contributed by atoms with Gasteiger partial charge >= 0.3 is 5.97 Å². The lowest BCUT2D eigenvalue weighted by molar-refractivity contribution is -0.534. The number of rotatable bonds is 7. The topological polar surface area (TPSA) is 86.5 Å². The Morgan fingerprint density at radius 1 is 1.11 bits per heavy atom. The number of hydrogen-bond donors (Lipinski definition) is 0. The van der Waals surface area contributed by atoms with Crippen molar-refractivity contribution in [3.63, 3.8) is 0 Å². The van der Waals surface area contributed by atoms with E-state index in [2.05, 4.69) is 0 Å². The quantitative estimate of drug-likeness (QED) is 0.303. The summed E-state index contributed by atoms with van der Waals surface area (Å²) in [7, 11) is 0. The molecule has 1 heterocycles. The third kappa shape index (κ3) is 5.23. The smallest absolute Gasteiger partial charge is 0.317 e. The van der Waals surface area contributed by atoms with Crippen LogP contribution in [0.25, 0.3) is 0 Å². The second-order valence-electron chi connectivity index (χ2n) is 7.30. The maximum atomic E-state index is 12.8. The molecule has 0 N–H and O–H groups in total. The van der Waals surface area contributed by atoms with Gasteiger partial charge in [-0.05, 0) is 39.1 Å². The van der Waals surface area contributed by atoms with E-state index in [1.54, 1.807) is 68.6 Å². The van der Waals surface area contributed by atoms with Crippen LogP contribution in [0.1, 0.15) is 50.1 Å². The molecule has 0 amide bonds. The maximum absolute atomic E-state index is 12.8. The van der Waals surface area contributed by atoms with Crippen LogP contribution in [-0.2, 0) is 14.3 Å². The van der Waals surface area contributed by atoms with Gasteiger partial charge in [0.2, 0.25) is 6.04 Å². The second-order valence-corrected chi connectivity index (χ2v) is 8.28. The monoisotopic (exact) mass is 389 g/mol. The highest BCUT2D eigenvalue weighted by molar-refractivity contribution is 7.10. The standard InChI is InChI=1S/C20H23NO5S/c1-13(22)16(19(23)26-20(2,3)4)17(15-11-8-12-27-15)18(21(24)25)14-9-6-5-7-10-14/h5-12,16-18H,1-4H3/t16-,17-,18-/m1/s1. The van der Waals surface area contributed by atoms with Crippen LogP contribution in [0.3, 0.4) is 0 Å². The van der Waals surface area contributed by atoms with Crippen LogP contribution in [-0.4, -0.2) is 22.3 Å². The number of Topliss-reactive ketones (excluding diaryl/α,β-unsaturated/α-hetero) is 1. The van der Waals surface area contributed by atoms with Crippen molar-refractivity contribution in [2.75, 3.05) is 0 Å². The van der Waals surface area contributed by atoms with Crippen molar-refractivity contribution in [3.8, 4) is 0 Å². The van der Waals surface area contributed by atoms with Gasteiger partial charge < -0.3 is 4.74 Å². The summed E-state index contributed by atoms with van der Waals surface area (Å²) in [6.07, 6.45) is 0. The van der Waals surface area contributed by atoms with Gasteiger partial charge in [-0.3, -0.25) is 19.7 Å². The van der Waals surface area contributed by atoms with E-state index in [0.29, 0.717) is 10.4 Å². The summed E-state index contributed by atoms with van der Waals surface area (Å²) >= 11 is 1.29. The average Bonchev–Trinajstić information content (AvgIpc) is 3.06. The van der Waals surface area contributed by atoms with E-state index in [1.165, 1.54) is 18.3 Å². The fourth-order valence-electron chi connectivity index (χ4n) is 3.02. The number of nitro groups is 1. The molecule has 1 aromatic heterocycles. The summed E-state index contributed by atoms with van der Waals surface area (Å²) in [6, 6.07) is 10.7. The minimum absolute atomic E-state index is 0.431. The Kier molecular flexibility index (Phi) is 6.49. The number of carbonyl (C=O) groups is 2. The Morgan fingerprint density at radius 2 is 1.74 bits per heavy atom. The molecule has 0 aliphatic heterocycles. The van der Waals surface area contributed by atoms with Gasteiger partial charge in [0.15, 0.2) is 0 Å². The molecule has 0 radical (unpaired) electrons. The molecular formula is C20H23NO5S. The SMILES string of the molecule is CC(=O)[C@@H](C(=O)OC(C)(C)C)[C@@H](c1cccs1)[C@@H](c1ccccc1)[N+](=O)[O-]. The van der Waals surface area contributed by atoms with Crippen molar-refractivity contribution < 1.29 is 19.2 Å². The summed E-state index contributed by atoms with van der Waals surface area (Å²) in [5, 5.41) is 13.8. The van der Waals surface area contributed by atoms with Crippen LogP contribution in [0.15, 0.2) is 47.8 Å². The fourth-order valence-corrected chi connectivity index (χ4v) is 3.92. The van der Waals surface area contributed by atoms with Crippen LogP contribution in [0.4, 0.5) is 0 Å². The first kappa shape index (κ1) is 20.8. The molecule has 27 heavy (non-hydrogen) atoms. The molecule has 1 aromatic carbocycles. The van der Waals surface area contributed by atoms with Gasteiger partial charge in [-0.1, -0.05) is 36.4 Å². The van der Waals surface area contributed by atoms with E-state index in [-0.39, 0.29) is 0 Å². The highest BCUT2D eigenvalue weighted by Crippen LogP contribution is 2.42. The van der Waals surface area contributed by atoms with Crippen LogP contribution in [0, 0.1) is 16.0 Å². The molecular weight excluding hydrogens is 366 g/mol. The molecule has 0 saturated carbocycles. The predicted molar refractivity (Wildman–Crippen MR) is 103 cm³/mol. The van der Waals surface area contributed by atoms with Crippen LogP contribution in [0.2, 0.25) is 0 Å². The molecule has 0 saturated heterocycles. The molecule has 0 spiro atoms. The lowest BCUT2D eigenvalue weighted by Crippen LogP contribution is -2.38. The van der Waals surface area contributed by atoms with E-state index in [0.717, 1.165) is 0 Å². The molecule has 144 valence electrons. The second kappa shape index (κ2) is 8.43. The summed E-state index contributed by atoms with van der Waals surface area (Å²) in [6.45, 7) is 6.37. The zero-order valence-electron chi connectivity index (χ0n) is 15.7. The van der Waals surface area contributed by atoms with Gasteiger partial charge in [0.25, 0.3) is 0 Å². The lowest BCUT2D eigenvalue weighted by Gasteiger charge is -2.29. The van der Waals surface area contributed by atoms with Crippen molar-refractivity contribution in [2.24, 2.45) is 5.92 Å². The predicted octanol–water partition coefficient (Wildman–Crippen LogP) is 4.40. The minimum Gasteiger partial charge on any atom is -0.459 e. The Labute approximate surface area is 162 Å². The van der Waals surface area contributed by atoms with E-state index in [4.69, 9.17) is 4.74 Å². The van der Waals surface area contributed by atoms with E-state index >= 15 is 0 Å². The maximum Gasteiger partial charge on any atom is 0.317 e. The average molecular weight is 389 g/mol. The van der Waals surface area contributed by atoms with Crippen LogP contribution in [0.5, 0.6) is 0 Å². The highest BCUT2D eigenvalue weighted by Gasteiger charge is 2.47. The number of hydrogen-bond acceptors (Lipinski definition) is 6. The zero-order valence-corrected chi connectivity index (χ0v) is 16.6. The molecule has 3 atom stereocenters. The molecule has 6 nitrogen and oxygen atoms in total. The third-order valence-electron chi connectivity index (χ3n) is 4.04. The summed E-state index contributed by atoms with van der Waals surface area (Å²) < 4.78 is 5.43. The molecule has 2 rings (SSSR count). The van der Waals surface area contributed by atoms with E-state index in [1.807, 2.05) is 0 Å². The molecule has 0 aliphatic carbocycles. The lowest BCUT2D eigenvalue weighted by atomic mass is 9.79. The first-order chi connectivity index (χ1) is 12.6. The normalized spacial score (nSPS) is 14.8. The molecule has 2 aromatic rings. The van der Waals surface area contributed by atoms with Crippen molar-refractivity contribution in [1.29, 1.82) is 0 Å². The van der Waals surface area contributed by atoms with Crippen LogP contribution < -0.4 is 0 Å². The minimum atomic E-state index is -1.27. The number of carbonyl (C=O) groups excluding carboxylic acids is 2. The van der Waals surface area contributed by atoms with E-state index < -0.39 is 40.2 Å². The van der Waals surface area contributed by atoms with Crippen molar-refractivity contribution in [3.05, 3.63) is 68.4 Å². The van der Waals surface area contributed by atoms with Gasteiger partial charge in [0.05, 0.1) is 5.92 Å². The number of thiophene rings is 1. The van der Waals surface area contributed by atoms with Crippen LogP contribution >= 0.6 is 11.3 Å². The zero-order chi connectivity index (χ0) is 20.2. The third-order valence-corrected chi connectivity index (χ3v) is 5.01. The Bertz CT molecular complexity index is 796. The summed E-state index contributed by atoms with van der Waals surface area (Å²) in [5.74, 6) is -3.41. The molecule has 0 aliphatic rings. The molecule has 7 heteroatoms. The van der Waals surface area contributed by atoms with Gasteiger partial charge in [-0.25, -0.2) is 0 Å². The first-order valence-electron chi connectivity index (χ1n) is 8.57. The Morgan fingerprint density at radius 3 is 2.19 bits per heavy atom. The number of esters is 1. The number of ether oxygens (including phenoxy) is 1. The summed E-state index contributed by atoms with van der Waals surface area (Å²) in [4.78, 5) is 37.5. The van der Waals surface area contributed by atoms with Crippen molar-refractivity contribution in [2.45, 2.75) is 45.3 Å². The van der Waals surface area contributed by atoms with E-state index in [9.17, 15) is 19.7 Å². The van der Waals surface area contributed by atoms with Crippen molar-refractivity contribution in [1.82, 2.24) is 0 Å². The first-order valence-corrected chi connectivity index (χ1v) is 9.45.